The molecule has 2 aliphatic rings. The van der Waals surface area contributed by atoms with E-state index in [1.807, 2.05) is 11.8 Å². The number of morpholine rings is 1. The molecule has 25 heavy (non-hydrogen) atoms. The van der Waals surface area contributed by atoms with Gasteiger partial charge in [0, 0.05) is 38.8 Å². The van der Waals surface area contributed by atoms with Gasteiger partial charge in [0.2, 0.25) is 5.95 Å². The lowest BCUT2D eigenvalue weighted by Crippen LogP contribution is -2.39. The van der Waals surface area contributed by atoms with Crippen molar-refractivity contribution in [3.05, 3.63) is 6.20 Å². The quantitative estimate of drug-likeness (QED) is 0.689. The Morgan fingerprint density at radius 2 is 2.20 bits per heavy atom. The average molecular weight is 370 g/mol. The second kappa shape index (κ2) is 8.24. The van der Waals surface area contributed by atoms with E-state index >= 15 is 0 Å². The zero-order chi connectivity index (χ0) is 17.7. The van der Waals surface area contributed by atoms with Crippen LogP contribution in [0.1, 0.15) is 13.3 Å². The summed E-state index contributed by atoms with van der Waals surface area (Å²) in [4.78, 5) is 8.86. The van der Waals surface area contributed by atoms with E-state index in [9.17, 15) is 8.42 Å². The van der Waals surface area contributed by atoms with E-state index in [4.69, 9.17) is 4.74 Å². The van der Waals surface area contributed by atoms with Crippen molar-refractivity contribution in [3.63, 3.8) is 0 Å². The number of aromatic nitrogens is 3. The van der Waals surface area contributed by atoms with E-state index in [1.165, 1.54) is 0 Å². The van der Waals surface area contributed by atoms with Crippen LogP contribution < -0.4 is 10.2 Å². The molecule has 2 saturated heterocycles. The Labute approximate surface area is 148 Å². The van der Waals surface area contributed by atoms with Crippen LogP contribution in [0, 0.1) is 0 Å². The zero-order valence-electron chi connectivity index (χ0n) is 14.6. The first-order valence-corrected chi connectivity index (χ1v) is 10.6. The fourth-order valence-corrected chi connectivity index (χ4v) is 5.02. The van der Waals surface area contributed by atoms with Crippen LogP contribution in [0.4, 0.5) is 11.8 Å². The molecule has 1 aromatic heterocycles. The van der Waals surface area contributed by atoms with Crippen LogP contribution in [0.2, 0.25) is 0 Å². The molecule has 1 aromatic rings. The molecule has 3 rings (SSSR count). The van der Waals surface area contributed by atoms with Crippen molar-refractivity contribution < 1.29 is 13.2 Å². The fourth-order valence-electron chi connectivity index (χ4n) is 3.29. The first kappa shape index (κ1) is 18.3. The van der Waals surface area contributed by atoms with E-state index < -0.39 is 9.84 Å². The van der Waals surface area contributed by atoms with Crippen molar-refractivity contribution >= 4 is 21.6 Å². The van der Waals surface area contributed by atoms with Crippen molar-refractivity contribution in [2.45, 2.75) is 19.4 Å². The average Bonchev–Trinajstić information content (AvgIpc) is 2.97. The van der Waals surface area contributed by atoms with Gasteiger partial charge < -0.3 is 15.0 Å². The number of hydrogen-bond donors (Lipinski definition) is 1. The van der Waals surface area contributed by atoms with Crippen LogP contribution >= 0.6 is 0 Å². The van der Waals surface area contributed by atoms with Crippen LogP contribution in [0.15, 0.2) is 6.20 Å². The number of nitrogens with one attached hydrogen (secondary N) is 1. The molecule has 0 radical (unpaired) electrons. The molecule has 0 bridgehead atoms. The molecule has 0 spiro atoms. The molecule has 140 valence electrons. The summed E-state index contributed by atoms with van der Waals surface area (Å²) in [7, 11) is -2.93. The summed E-state index contributed by atoms with van der Waals surface area (Å²) < 4.78 is 28.8. The molecule has 1 unspecified atom stereocenters. The standard InChI is InChI=1S/C15H26N6O3S/c1-2-21(13-3-10-25(22,23)12-13)14-11-17-19-15(18-14)16-4-5-20-6-8-24-9-7-20/h11,13H,2-10,12H2,1H3,(H,16,18,19). The van der Waals surface area contributed by atoms with Crippen LogP contribution in [0.5, 0.6) is 0 Å². The minimum Gasteiger partial charge on any atom is -0.379 e. The number of sulfone groups is 1. The highest BCUT2D eigenvalue weighted by molar-refractivity contribution is 7.91. The Kier molecular flexibility index (Phi) is 6.02. The van der Waals surface area contributed by atoms with Gasteiger partial charge in [-0.2, -0.15) is 10.1 Å². The molecule has 3 heterocycles. The Morgan fingerprint density at radius 3 is 2.88 bits per heavy atom. The van der Waals surface area contributed by atoms with E-state index in [2.05, 4.69) is 25.4 Å². The Bertz CT molecular complexity index is 665. The molecule has 0 amide bonds. The molecule has 0 aromatic carbocycles. The maximum atomic E-state index is 11.8. The first-order valence-electron chi connectivity index (χ1n) is 8.78. The smallest absolute Gasteiger partial charge is 0.244 e. The summed E-state index contributed by atoms with van der Waals surface area (Å²) in [5, 5.41) is 11.3. The third-order valence-electron chi connectivity index (χ3n) is 4.65. The van der Waals surface area contributed by atoms with Crippen molar-refractivity contribution in [2.75, 3.05) is 67.7 Å². The molecule has 0 saturated carbocycles. The first-order chi connectivity index (χ1) is 12.1. The summed E-state index contributed by atoms with van der Waals surface area (Å²) in [6, 6.07) is -0.0344. The molecule has 0 aliphatic carbocycles. The van der Waals surface area contributed by atoms with Gasteiger partial charge in [-0.3, -0.25) is 4.90 Å². The predicted molar refractivity (Wildman–Crippen MR) is 95.7 cm³/mol. The van der Waals surface area contributed by atoms with E-state index in [-0.39, 0.29) is 17.5 Å². The number of ether oxygens (including phenoxy) is 1. The third kappa shape index (κ3) is 4.99. The number of nitrogens with zero attached hydrogens (tertiary/aromatic N) is 5. The van der Waals surface area contributed by atoms with E-state index in [0.29, 0.717) is 24.7 Å². The maximum Gasteiger partial charge on any atom is 0.244 e. The molecule has 2 aliphatic heterocycles. The molecule has 1 atom stereocenters. The minimum absolute atomic E-state index is 0.0344. The van der Waals surface area contributed by atoms with Gasteiger partial charge in [0.15, 0.2) is 15.7 Å². The largest absolute Gasteiger partial charge is 0.379 e. The predicted octanol–water partition coefficient (Wildman–Crippen LogP) is -0.371. The summed E-state index contributed by atoms with van der Waals surface area (Å²) in [5.41, 5.74) is 0. The number of hydrogen-bond acceptors (Lipinski definition) is 9. The summed E-state index contributed by atoms with van der Waals surface area (Å²) in [6.45, 7) is 7.77. The highest BCUT2D eigenvalue weighted by atomic mass is 32.2. The van der Waals surface area contributed by atoms with Gasteiger partial charge in [-0.05, 0) is 13.3 Å². The van der Waals surface area contributed by atoms with Crippen LogP contribution in [0.3, 0.4) is 0 Å². The Morgan fingerprint density at radius 1 is 1.40 bits per heavy atom. The summed E-state index contributed by atoms with van der Waals surface area (Å²) in [5.74, 6) is 1.58. The normalized spacial score (nSPS) is 23.5. The molecular formula is C15H26N6O3S. The summed E-state index contributed by atoms with van der Waals surface area (Å²) in [6.07, 6.45) is 2.24. The van der Waals surface area contributed by atoms with E-state index in [1.54, 1.807) is 6.20 Å². The van der Waals surface area contributed by atoms with Crippen LogP contribution in [-0.4, -0.2) is 92.0 Å². The number of rotatable bonds is 7. The van der Waals surface area contributed by atoms with Gasteiger partial charge in [-0.1, -0.05) is 0 Å². The zero-order valence-corrected chi connectivity index (χ0v) is 15.4. The van der Waals surface area contributed by atoms with Crippen LogP contribution in [-0.2, 0) is 14.6 Å². The molecule has 1 N–H and O–H groups in total. The van der Waals surface area contributed by atoms with Gasteiger partial charge in [0.25, 0.3) is 0 Å². The lowest BCUT2D eigenvalue weighted by molar-refractivity contribution is 0.0398. The number of anilines is 2. The van der Waals surface area contributed by atoms with Crippen LogP contribution in [0.25, 0.3) is 0 Å². The van der Waals surface area contributed by atoms with Gasteiger partial charge in [0.1, 0.15) is 0 Å². The fraction of sp³-hybridized carbons (Fsp3) is 0.800. The van der Waals surface area contributed by atoms with E-state index in [0.717, 1.165) is 39.4 Å². The topological polar surface area (TPSA) is 101 Å². The molecular weight excluding hydrogens is 344 g/mol. The third-order valence-corrected chi connectivity index (χ3v) is 6.40. The maximum absolute atomic E-state index is 11.8. The van der Waals surface area contributed by atoms with Crippen molar-refractivity contribution in [2.24, 2.45) is 0 Å². The highest BCUT2D eigenvalue weighted by Gasteiger charge is 2.32. The summed E-state index contributed by atoms with van der Waals surface area (Å²) >= 11 is 0. The van der Waals surface area contributed by atoms with Gasteiger partial charge in [-0.15, -0.1) is 5.10 Å². The SMILES string of the molecule is CCN(c1cnnc(NCCN2CCOCC2)n1)C1CCS(=O)(=O)C1. The van der Waals surface area contributed by atoms with Gasteiger partial charge in [0.05, 0.1) is 30.9 Å². The lowest BCUT2D eigenvalue weighted by Gasteiger charge is -2.28. The highest BCUT2D eigenvalue weighted by Crippen LogP contribution is 2.22. The van der Waals surface area contributed by atoms with Gasteiger partial charge >= 0.3 is 0 Å². The van der Waals surface area contributed by atoms with Gasteiger partial charge in [-0.25, -0.2) is 8.42 Å². The lowest BCUT2D eigenvalue weighted by atomic mass is 10.2. The van der Waals surface area contributed by atoms with Crippen molar-refractivity contribution in [3.8, 4) is 0 Å². The second-order valence-electron chi connectivity index (χ2n) is 6.36. The minimum atomic E-state index is -2.93. The molecule has 9 nitrogen and oxygen atoms in total. The molecule has 2 fully saturated rings. The Balaban J connectivity index is 1.58. The van der Waals surface area contributed by atoms with Crippen molar-refractivity contribution in [1.29, 1.82) is 0 Å². The second-order valence-corrected chi connectivity index (χ2v) is 8.59. The molecule has 10 heteroatoms. The Hall–Kier alpha value is -1.52. The van der Waals surface area contributed by atoms with Crippen molar-refractivity contribution in [1.82, 2.24) is 20.1 Å². The monoisotopic (exact) mass is 370 g/mol.